The summed E-state index contributed by atoms with van der Waals surface area (Å²) in [4.78, 5) is 11.8. The maximum atomic E-state index is 13.3. The second kappa shape index (κ2) is 11.6. The maximum Gasteiger partial charge on any atom is 0.222 e. The number of benzene rings is 1. The van der Waals surface area contributed by atoms with E-state index in [1.54, 1.807) is 24.3 Å². The number of nitrogens with one attached hydrogen (secondary N) is 2. The lowest BCUT2D eigenvalue weighted by Gasteiger charge is -2.13. The molecular formula is C23H32FN3O3. The number of carbonyl (C=O) groups excluding carboxylic acids is 1. The third kappa shape index (κ3) is 7.07. The van der Waals surface area contributed by atoms with Gasteiger partial charge in [-0.1, -0.05) is 39.3 Å². The first kappa shape index (κ1) is 23.8. The van der Waals surface area contributed by atoms with Gasteiger partial charge < -0.3 is 15.5 Å². The number of aliphatic hydroxyl groups excluding tert-OH is 2. The summed E-state index contributed by atoms with van der Waals surface area (Å²) in [6.07, 6.45) is 3.39. The fourth-order valence-corrected chi connectivity index (χ4v) is 3.14. The second-order valence-corrected chi connectivity index (χ2v) is 7.78. The number of rotatable bonds is 11. The Balaban J connectivity index is 2.06. The molecule has 4 N–H and O–H groups in total. The zero-order valence-electron chi connectivity index (χ0n) is 17.9. The highest BCUT2D eigenvalue weighted by atomic mass is 19.1. The van der Waals surface area contributed by atoms with E-state index in [4.69, 9.17) is 0 Å². The molecule has 0 saturated heterocycles. The standard InChI is InChI=1S/C23H32FN3O3/c1-4-5-12-25-21(30)14-19(29)13-18(28)10-11-20-22(15(2)3)26-27-23(20)16-6-8-17(24)9-7-16/h6-11,15,18-19,28-29H,4-5,12-14H2,1-3H3,(H,25,30)(H,26,27)/b11-10+/t18-,19-/m1/s1. The molecule has 1 heterocycles. The number of nitrogens with zero attached hydrogens (tertiary/aromatic N) is 1. The molecule has 0 aliphatic carbocycles. The highest BCUT2D eigenvalue weighted by Gasteiger charge is 2.17. The summed E-state index contributed by atoms with van der Waals surface area (Å²) in [7, 11) is 0. The van der Waals surface area contributed by atoms with Crippen LogP contribution in [0.4, 0.5) is 4.39 Å². The summed E-state index contributed by atoms with van der Waals surface area (Å²) in [5.74, 6) is -0.373. The summed E-state index contributed by atoms with van der Waals surface area (Å²) < 4.78 is 13.3. The summed E-state index contributed by atoms with van der Waals surface area (Å²) >= 11 is 0. The molecule has 164 valence electrons. The van der Waals surface area contributed by atoms with Gasteiger partial charge in [-0.3, -0.25) is 9.89 Å². The van der Waals surface area contributed by atoms with Crippen LogP contribution >= 0.6 is 0 Å². The van der Waals surface area contributed by atoms with Crippen LogP contribution in [0.3, 0.4) is 0 Å². The van der Waals surface area contributed by atoms with E-state index in [0.717, 1.165) is 29.7 Å². The minimum absolute atomic E-state index is 0.0433. The summed E-state index contributed by atoms with van der Waals surface area (Å²) in [6.45, 7) is 6.68. The topological polar surface area (TPSA) is 98.2 Å². The minimum Gasteiger partial charge on any atom is -0.392 e. The van der Waals surface area contributed by atoms with Crippen molar-refractivity contribution in [2.45, 2.75) is 64.6 Å². The number of aliphatic hydroxyl groups is 2. The smallest absolute Gasteiger partial charge is 0.222 e. The number of aromatic nitrogens is 2. The van der Waals surface area contributed by atoms with Crippen LogP contribution in [0.5, 0.6) is 0 Å². The fourth-order valence-electron chi connectivity index (χ4n) is 3.14. The molecule has 0 aliphatic rings. The largest absolute Gasteiger partial charge is 0.392 e. The van der Waals surface area contributed by atoms with Gasteiger partial charge in [0.25, 0.3) is 0 Å². The van der Waals surface area contributed by atoms with Gasteiger partial charge >= 0.3 is 0 Å². The summed E-state index contributed by atoms with van der Waals surface area (Å²) in [6, 6.07) is 6.07. The Bertz CT molecular complexity index is 831. The van der Waals surface area contributed by atoms with Gasteiger partial charge in [-0.2, -0.15) is 5.10 Å². The van der Waals surface area contributed by atoms with Gasteiger partial charge in [-0.15, -0.1) is 0 Å². The van der Waals surface area contributed by atoms with Crippen molar-refractivity contribution in [3.8, 4) is 11.3 Å². The minimum atomic E-state index is -0.934. The van der Waals surface area contributed by atoms with Crippen LogP contribution in [0.15, 0.2) is 30.3 Å². The number of amides is 1. The van der Waals surface area contributed by atoms with E-state index in [9.17, 15) is 19.4 Å². The number of halogens is 1. The van der Waals surface area contributed by atoms with Crippen LogP contribution < -0.4 is 5.32 Å². The van der Waals surface area contributed by atoms with Gasteiger partial charge in [0.05, 0.1) is 24.3 Å². The Hall–Kier alpha value is -2.51. The molecule has 7 heteroatoms. The number of carbonyl (C=O) groups is 1. The zero-order valence-corrected chi connectivity index (χ0v) is 17.9. The van der Waals surface area contributed by atoms with E-state index >= 15 is 0 Å². The van der Waals surface area contributed by atoms with Crippen molar-refractivity contribution in [2.75, 3.05) is 6.54 Å². The lowest BCUT2D eigenvalue weighted by molar-refractivity contribution is -0.123. The van der Waals surface area contributed by atoms with E-state index in [1.165, 1.54) is 12.1 Å². The Morgan fingerprint density at radius 3 is 2.60 bits per heavy atom. The van der Waals surface area contributed by atoms with Crippen LogP contribution in [0.2, 0.25) is 0 Å². The third-order valence-corrected chi connectivity index (χ3v) is 4.80. The molecule has 0 radical (unpaired) electrons. The van der Waals surface area contributed by atoms with Crippen molar-refractivity contribution in [1.29, 1.82) is 0 Å². The third-order valence-electron chi connectivity index (χ3n) is 4.80. The molecular weight excluding hydrogens is 385 g/mol. The lowest BCUT2D eigenvalue weighted by Crippen LogP contribution is -2.29. The molecule has 2 aromatic rings. The average Bonchev–Trinajstić information content (AvgIpc) is 3.11. The van der Waals surface area contributed by atoms with E-state index in [1.807, 2.05) is 20.8 Å². The molecule has 0 bridgehead atoms. The highest BCUT2D eigenvalue weighted by molar-refractivity contribution is 5.76. The van der Waals surface area contributed by atoms with Gasteiger partial charge in [0.2, 0.25) is 5.91 Å². The number of hydrogen-bond donors (Lipinski definition) is 4. The van der Waals surface area contributed by atoms with Gasteiger partial charge in [-0.25, -0.2) is 4.39 Å². The lowest BCUT2D eigenvalue weighted by atomic mass is 9.99. The van der Waals surface area contributed by atoms with Gasteiger partial charge in [-0.05, 0) is 36.6 Å². The SMILES string of the molecule is CCCCNC(=O)C[C@H](O)C[C@H](O)/C=C/c1c(-c2ccc(F)cc2)n[nH]c1C(C)C. The number of hydrogen-bond acceptors (Lipinski definition) is 4. The molecule has 1 aromatic carbocycles. The molecule has 1 aromatic heterocycles. The zero-order chi connectivity index (χ0) is 22.1. The number of H-pyrrole nitrogens is 1. The van der Waals surface area contributed by atoms with Crippen LogP contribution in [0.25, 0.3) is 17.3 Å². The number of unbranched alkanes of at least 4 members (excludes halogenated alkanes) is 1. The molecule has 0 spiro atoms. The Labute approximate surface area is 177 Å². The maximum absolute atomic E-state index is 13.3. The first-order valence-electron chi connectivity index (χ1n) is 10.5. The molecule has 2 rings (SSSR count). The predicted octanol–water partition coefficient (Wildman–Crippen LogP) is 3.77. The van der Waals surface area contributed by atoms with Crippen molar-refractivity contribution in [2.24, 2.45) is 0 Å². The molecule has 0 unspecified atom stereocenters. The van der Waals surface area contributed by atoms with Crippen molar-refractivity contribution in [3.05, 3.63) is 47.4 Å². The Kier molecular flexibility index (Phi) is 9.20. The molecule has 0 saturated carbocycles. The van der Waals surface area contributed by atoms with Crippen LogP contribution in [0, 0.1) is 5.82 Å². The van der Waals surface area contributed by atoms with Crippen molar-refractivity contribution in [1.82, 2.24) is 15.5 Å². The van der Waals surface area contributed by atoms with E-state index in [0.29, 0.717) is 12.2 Å². The van der Waals surface area contributed by atoms with Crippen molar-refractivity contribution >= 4 is 12.0 Å². The van der Waals surface area contributed by atoms with Gasteiger partial charge in [0.1, 0.15) is 5.82 Å². The summed E-state index contributed by atoms with van der Waals surface area (Å²) in [5.41, 5.74) is 3.13. The molecule has 0 fully saturated rings. The van der Waals surface area contributed by atoms with Crippen molar-refractivity contribution in [3.63, 3.8) is 0 Å². The highest BCUT2D eigenvalue weighted by Crippen LogP contribution is 2.29. The quantitative estimate of drug-likeness (QED) is 0.418. The first-order chi connectivity index (χ1) is 14.3. The van der Waals surface area contributed by atoms with Crippen LogP contribution in [0.1, 0.15) is 63.6 Å². The molecule has 6 nitrogen and oxygen atoms in total. The fraction of sp³-hybridized carbons (Fsp3) is 0.478. The Morgan fingerprint density at radius 1 is 1.27 bits per heavy atom. The molecule has 0 aliphatic heterocycles. The average molecular weight is 418 g/mol. The molecule has 30 heavy (non-hydrogen) atoms. The second-order valence-electron chi connectivity index (χ2n) is 7.78. The normalized spacial score (nSPS) is 13.7. The van der Waals surface area contributed by atoms with Gasteiger partial charge in [0, 0.05) is 29.8 Å². The van der Waals surface area contributed by atoms with Gasteiger partial charge in [0.15, 0.2) is 0 Å². The monoisotopic (exact) mass is 417 g/mol. The first-order valence-corrected chi connectivity index (χ1v) is 10.5. The van der Waals surface area contributed by atoms with Crippen LogP contribution in [-0.4, -0.2) is 45.1 Å². The Morgan fingerprint density at radius 2 is 1.97 bits per heavy atom. The molecule has 2 atom stereocenters. The van der Waals surface area contributed by atoms with Crippen molar-refractivity contribution < 1.29 is 19.4 Å². The molecule has 1 amide bonds. The van der Waals surface area contributed by atoms with E-state index in [-0.39, 0.29) is 30.5 Å². The van der Waals surface area contributed by atoms with E-state index in [2.05, 4.69) is 15.5 Å². The van der Waals surface area contributed by atoms with Crippen LogP contribution in [-0.2, 0) is 4.79 Å². The summed E-state index contributed by atoms with van der Waals surface area (Å²) in [5, 5.41) is 30.6. The predicted molar refractivity (Wildman–Crippen MR) is 116 cm³/mol. The van der Waals surface area contributed by atoms with E-state index < -0.39 is 12.2 Å². The number of aromatic amines is 1.